The van der Waals surface area contributed by atoms with Gasteiger partial charge in [0.1, 0.15) is 5.82 Å². The lowest BCUT2D eigenvalue weighted by atomic mass is 10.4. The fraction of sp³-hybridized carbons (Fsp3) is 0.300. The van der Waals surface area contributed by atoms with Crippen LogP contribution in [0.25, 0.3) is 0 Å². The van der Waals surface area contributed by atoms with Crippen molar-refractivity contribution >= 4 is 5.82 Å². The summed E-state index contributed by atoms with van der Waals surface area (Å²) in [5.41, 5.74) is 8.42. The molecular formula is C10H13N5. The molecule has 2 N–H and O–H groups in total. The Hall–Kier alpha value is -1.91. The largest absolute Gasteiger partial charge is 0.382 e. The summed E-state index contributed by atoms with van der Waals surface area (Å²) in [7, 11) is 0. The van der Waals surface area contributed by atoms with Crippen LogP contribution in [0.1, 0.15) is 17.0 Å². The highest BCUT2D eigenvalue weighted by molar-refractivity contribution is 5.35. The van der Waals surface area contributed by atoms with E-state index in [2.05, 4.69) is 15.1 Å². The first-order valence-corrected chi connectivity index (χ1v) is 4.72. The van der Waals surface area contributed by atoms with Crippen molar-refractivity contribution in [2.24, 2.45) is 0 Å². The van der Waals surface area contributed by atoms with Gasteiger partial charge in [-0.15, -0.1) is 0 Å². The first-order valence-electron chi connectivity index (χ1n) is 4.72. The highest BCUT2D eigenvalue weighted by Crippen LogP contribution is 2.07. The zero-order valence-corrected chi connectivity index (χ0v) is 8.81. The maximum absolute atomic E-state index is 5.65. The number of anilines is 1. The van der Waals surface area contributed by atoms with Gasteiger partial charge in [0.15, 0.2) is 0 Å². The molecule has 2 aromatic rings. The average molecular weight is 203 g/mol. The van der Waals surface area contributed by atoms with E-state index in [-0.39, 0.29) is 0 Å². The van der Waals surface area contributed by atoms with E-state index in [1.165, 1.54) is 0 Å². The predicted molar refractivity (Wildman–Crippen MR) is 57.2 cm³/mol. The summed E-state index contributed by atoms with van der Waals surface area (Å²) in [5.74, 6) is 0.565. The minimum atomic E-state index is 0.565. The van der Waals surface area contributed by atoms with Gasteiger partial charge in [-0.2, -0.15) is 5.10 Å². The van der Waals surface area contributed by atoms with Gasteiger partial charge in [-0.1, -0.05) is 0 Å². The van der Waals surface area contributed by atoms with Crippen molar-refractivity contribution in [3.05, 3.63) is 35.5 Å². The molecule has 0 fully saturated rings. The van der Waals surface area contributed by atoms with Crippen molar-refractivity contribution in [3.63, 3.8) is 0 Å². The van der Waals surface area contributed by atoms with Crippen LogP contribution in [0.4, 0.5) is 5.82 Å². The molecule has 0 unspecified atom stereocenters. The molecule has 0 aliphatic rings. The van der Waals surface area contributed by atoms with Crippen molar-refractivity contribution < 1.29 is 0 Å². The van der Waals surface area contributed by atoms with Crippen molar-refractivity contribution in [3.8, 4) is 0 Å². The topological polar surface area (TPSA) is 69.6 Å². The molecule has 0 bridgehead atoms. The number of hydrogen-bond acceptors (Lipinski definition) is 4. The van der Waals surface area contributed by atoms with Crippen molar-refractivity contribution in [2.45, 2.75) is 20.4 Å². The minimum Gasteiger partial charge on any atom is -0.382 e. The Morgan fingerprint density at radius 1 is 1.27 bits per heavy atom. The summed E-state index contributed by atoms with van der Waals surface area (Å²) >= 11 is 0. The van der Waals surface area contributed by atoms with Crippen LogP contribution in [0.3, 0.4) is 0 Å². The van der Waals surface area contributed by atoms with E-state index in [1.54, 1.807) is 17.1 Å². The molecular weight excluding hydrogens is 190 g/mol. The van der Waals surface area contributed by atoms with E-state index in [4.69, 9.17) is 5.73 Å². The highest BCUT2D eigenvalue weighted by atomic mass is 15.3. The van der Waals surface area contributed by atoms with Crippen LogP contribution < -0.4 is 5.73 Å². The van der Waals surface area contributed by atoms with Crippen molar-refractivity contribution in [2.75, 3.05) is 5.73 Å². The van der Waals surface area contributed by atoms with E-state index >= 15 is 0 Å². The van der Waals surface area contributed by atoms with Gasteiger partial charge in [-0.05, 0) is 13.8 Å². The van der Waals surface area contributed by atoms with E-state index in [1.807, 2.05) is 20.0 Å². The van der Waals surface area contributed by atoms with Crippen LogP contribution in [-0.2, 0) is 6.54 Å². The molecule has 0 saturated heterocycles. The van der Waals surface area contributed by atoms with Crippen LogP contribution in [0, 0.1) is 13.8 Å². The summed E-state index contributed by atoms with van der Waals surface area (Å²) in [4.78, 5) is 8.42. The van der Waals surface area contributed by atoms with Crippen molar-refractivity contribution in [1.82, 2.24) is 19.7 Å². The molecule has 5 heteroatoms. The molecule has 2 aromatic heterocycles. The van der Waals surface area contributed by atoms with Crippen LogP contribution >= 0.6 is 0 Å². The Morgan fingerprint density at radius 3 is 2.60 bits per heavy atom. The second-order valence-corrected chi connectivity index (χ2v) is 3.54. The monoisotopic (exact) mass is 203 g/mol. The van der Waals surface area contributed by atoms with E-state index in [0.717, 1.165) is 17.0 Å². The summed E-state index contributed by atoms with van der Waals surface area (Å²) in [5, 5.41) is 4.15. The molecule has 2 rings (SSSR count). The number of aryl methyl sites for hydroxylation is 2. The normalized spacial score (nSPS) is 10.5. The molecule has 2 heterocycles. The zero-order valence-electron chi connectivity index (χ0n) is 8.81. The SMILES string of the molecule is Cc1cnc(Cn2cc(C)c(N)n2)cn1. The molecule has 15 heavy (non-hydrogen) atoms. The number of aromatic nitrogens is 4. The molecule has 0 atom stereocenters. The lowest BCUT2D eigenvalue weighted by Gasteiger charge is -2.00. The Morgan fingerprint density at radius 2 is 2.07 bits per heavy atom. The Balaban J connectivity index is 2.18. The number of nitrogens with zero attached hydrogens (tertiary/aromatic N) is 4. The van der Waals surface area contributed by atoms with E-state index < -0.39 is 0 Å². The highest BCUT2D eigenvalue weighted by Gasteiger charge is 2.02. The maximum atomic E-state index is 5.65. The van der Waals surface area contributed by atoms with Gasteiger partial charge in [-0.3, -0.25) is 14.6 Å². The number of rotatable bonds is 2. The number of hydrogen-bond donors (Lipinski definition) is 1. The molecule has 78 valence electrons. The van der Waals surface area contributed by atoms with E-state index in [0.29, 0.717) is 12.4 Å². The lowest BCUT2D eigenvalue weighted by Crippen LogP contribution is -2.03. The molecule has 0 saturated carbocycles. The maximum Gasteiger partial charge on any atom is 0.148 e. The molecule has 5 nitrogen and oxygen atoms in total. The second kappa shape index (κ2) is 3.68. The summed E-state index contributed by atoms with van der Waals surface area (Å²) in [6.45, 7) is 4.44. The van der Waals surface area contributed by atoms with E-state index in [9.17, 15) is 0 Å². The molecule has 0 radical (unpaired) electrons. The Kier molecular flexibility index (Phi) is 2.37. The third kappa shape index (κ3) is 2.12. The van der Waals surface area contributed by atoms with Gasteiger partial charge >= 0.3 is 0 Å². The van der Waals surface area contributed by atoms with Crippen LogP contribution in [0.2, 0.25) is 0 Å². The number of nitrogens with two attached hydrogens (primary N) is 1. The van der Waals surface area contributed by atoms with Crippen LogP contribution in [0.15, 0.2) is 18.6 Å². The van der Waals surface area contributed by atoms with Gasteiger partial charge in [-0.25, -0.2) is 0 Å². The predicted octanol–water partition coefficient (Wildman–Crippen LogP) is 0.920. The fourth-order valence-electron chi connectivity index (χ4n) is 1.28. The number of nitrogen functional groups attached to an aromatic ring is 1. The summed E-state index contributed by atoms with van der Waals surface area (Å²) in [6, 6.07) is 0. The first-order chi connectivity index (χ1) is 7.15. The van der Waals surface area contributed by atoms with Gasteiger partial charge in [0, 0.05) is 18.0 Å². The first kappa shape index (κ1) is 9.64. The minimum absolute atomic E-state index is 0.565. The third-order valence-electron chi connectivity index (χ3n) is 2.14. The quantitative estimate of drug-likeness (QED) is 0.788. The van der Waals surface area contributed by atoms with Gasteiger partial charge in [0.2, 0.25) is 0 Å². The Bertz CT molecular complexity index is 438. The molecule has 0 aromatic carbocycles. The summed E-state index contributed by atoms with van der Waals surface area (Å²) in [6.07, 6.45) is 5.40. The van der Waals surface area contributed by atoms with Crippen LogP contribution in [-0.4, -0.2) is 19.7 Å². The van der Waals surface area contributed by atoms with Gasteiger partial charge < -0.3 is 5.73 Å². The van der Waals surface area contributed by atoms with Crippen molar-refractivity contribution in [1.29, 1.82) is 0 Å². The Labute approximate surface area is 88.0 Å². The molecule has 0 spiro atoms. The average Bonchev–Trinajstić information content (AvgIpc) is 2.50. The fourth-order valence-corrected chi connectivity index (χ4v) is 1.28. The second-order valence-electron chi connectivity index (χ2n) is 3.54. The smallest absolute Gasteiger partial charge is 0.148 e. The van der Waals surface area contributed by atoms with Crippen LogP contribution in [0.5, 0.6) is 0 Å². The van der Waals surface area contributed by atoms with Gasteiger partial charge in [0.25, 0.3) is 0 Å². The van der Waals surface area contributed by atoms with Gasteiger partial charge in [0.05, 0.1) is 24.1 Å². The molecule has 0 aliphatic heterocycles. The third-order valence-corrected chi connectivity index (χ3v) is 2.14. The lowest BCUT2D eigenvalue weighted by molar-refractivity contribution is 0.671. The zero-order chi connectivity index (χ0) is 10.8. The summed E-state index contributed by atoms with van der Waals surface area (Å²) < 4.78 is 1.77. The molecule has 0 aliphatic carbocycles. The standard InChI is InChI=1S/C10H13N5/c1-7-5-15(14-10(7)11)6-9-4-12-8(2)3-13-9/h3-5H,6H2,1-2H3,(H2,11,14). The molecule has 0 amide bonds.